The minimum absolute atomic E-state index is 0.00702. The van der Waals surface area contributed by atoms with Crippen LogP contribution in [0, 0.1) is 29.6 Å². The number of fused-ring (bicyclic) bond motifs is 9. The SMILES string of the molecule is O=C1[C@H]2[C@@H]3C[C@@H]([C@@H]2C(=O)N1c1ccc(Cl)cc1)[C@@H]1[C@H](c2ccc(-c4ccccc4Cl)o2)c2sc(=O)n(Cc4ccccc4)c2S[C@@H]31. The van der Waals surface area contributed by atoms with Gasteiger partial charge in [0.15, 0.2) is 0 Å². The topological polar surface area (TPSA) is 72.5 Å². The highest BCUT2D eigenvalue weighted by Gasteiger charge is 2.70. The summed E-state index contributed by atoms with van der Waals surface area (Å²) in [6.07, 6.45) is 0.802. The third-order valence-electron chi connectivity index (χ3n) is 10.3. The molecule has 2 aromatic heterocycles. The summed E-state index contributed by atoms with van der Waals surface area (Å²) in [5.74, 6) is 0.161. The molecule has 7 atom stereocenters. The van der Waals surface area contributed by atoms with Gasteiger partial charge in [0.1, 0.15) is 11.5 Å². The third kappa shape index (κ3) is 4.20. The van der Waals surface area contributed by atoms with E-state index in [1.807, 2.05) is 71.3 Å². The van der Waals surface area contributed by atoms with Crippen LogP contribution in [0.1, 0.15) is 28.5 Å². The Morgan fingerprint density at radius 3 is 2.28 bits per heavy atom. The van der Waals surface area contributed by atoms with Crippen LogP contribution >= 0.6 is 46.3 Å². The van der Waals surface area contributed by atoms with Gasteiger partial charge in [-0.3, -0.25) is 23.9 Å². The normalized spacial score (nSPS) is 27.6. The first-order valence-corrected chi connectivity index (χ1v) is 17.8. The van der Waals surface area contributed by atoms with Crippen molar-refractivity contribution in [1.82, 2.24) is 4.57 Å². The number of thiazole rings is 1. The van der Waals surface area contributed by atoms with Crippen molar-refractivity contribution < 1.29 is 14.0 Å². The van der Waals surface area contributed by atoms with E-state index in [2.05, 4.69) is 0 Å². The summed E-state index contributed by atoms with van der Waals surface area (Å²) in [5.41, 5.74) is 2.41. The number of furan rings is 1. The van der Waals surface area contributed by atoms with Crippen molar-refractivity contribution in [3.05, 3.63) is 127 Å². The van der Waals surface area contributed by atoms with Gasteiger partial charge in [0.25, 0.3) is 0 Å². The molecule has 2 saturated carbocycles. The molecule has 10 heteroatoms. The van der Waals surface area contributed by atoms with Gasteiger partial charge in [-0.15, -0.1) is 11.8 Å². The van der Waals surface area contributed by atoms with Crippen LogP contribution in [0.15, 0.2) is 105 Å². The zero-order chi connectivity index (χ0) is 31.3. The summed E-state index contributed by atoms with van der Waals surface area (Å²) in [6.45, 7) is 0.466. The fourth-order valence-corrected chi connectivity index (χ4v) is 12.0. The number of carbonyl (C=O) groups is 2. The number of anilines is 1. The maximum absolute atomic E-state index is 14.1. The molecule has 46 heavy (non-hydrogen) atoms. The van der Waals surface area contributed by atoms with Gasteiger partial charge < -0.3 is 4.42 Å². The summed E-state index contributed by atoms with van der Waals surface area (Å²) in [6, 6.07) is 28.4. The molecule has 9 rings (SSSR count). The highest BCUT2D eigenvalue weighted by molar-refractivity contribution is 8.00. The highest BCUT2D eigenvalue weighted by Crippen LogP contribution is 2.69. The molecule has 2 aliphatic heterocycles. The highest BCUT2D eigenvalue weighted by atomic mass is 35.5. The Bertz CT molecular complexity index is 2090. The number of amides is 2. The number of carbonyl (C=O) groups excluding carboxylic acids is 2. The van der Waals surface area contributed by atoms with Crippen LogP contribution in [0.2, 0.25) is 10.0 Å². The first-order chi connectivity index (χ1) is 22.4. The van der Waals surface area contributed by atoms with Crippen molar-refractivity contribution in [2.75, 3.05) is 4.90 Å². The van der Waals surface area contributed by atoms with Crippen molar-refractivity contribution in [2.24, 2.45) is 29.6 Å². The Morgan fingerprint density at radius 1 is 0.804 bits per heavy atom. The minimum Gasteiger partial charge on any atom is -0.460 e. The Morgan fingerprint density at radius 2 is 1.52 bits per heavy atom. The zero-order valence-electron chi connectivity index (χ0n) is 24.2. The Hall–Kier alpha value is -3.56. The van der Waals surface area contributed by atoms with Gasteiger partial charge >= 0.3 is 4.87 Å². The minimum atomic E-state index is -0.403. The number of aromatic nitrogens is 1. The summed E-state index contributed by atoms with van der Waals surface area (Å²) in [7, 11) is 0. The molecule has 1 saturated heterocycles. The number of thioether (sulfide) groups is 1. The smallest absolute Gasteiger partial charge is 0.308 e. The second-order valence-corrected chi connectivity index (χ2v) is 15.5. The largest absolute Gasteiger partial charge is 0.460 e. The second-order valence-electron chi connectivity index (χ2n) is 12.5. The van der Waals surface area contributed by atoms with Crippen molar-refractivity contribution in [3.63, 3.8) is 0 Å². The maximum Gasteiger partial charge on any atom is 0.308 e. The quantitative estimate of drug-likeness (QED) is 0.175. The van der Waals surface area contributed by atoms with E-state index in [1.165, 1.54) is 16.2 Å². The van der Waals surface area contributed by atoms with E-state index in [0.29, 0.717) is 28.0 Å². The van der Waals surface area contributed by atoms with Crippen LogP contribution in [0.5, 0.6) is 0 Å². The molecular formula is C36H26Cl2N2O4S2. The zero-order valence-corrected chi connectivity index (χ0v) is 27.4. The number of hydrogen-bond donors (Lipinski definition) is 0. The molecule has 0 N–H and O–H groups in total. The molecule has 230 valence electrons. The summed E-state index contributed by atoms with van der Waals surface area (Å²) >= 11 is 15.7. The number of nitrogens with zero attached hydrogens (tertiary/aromatic N) is 2. The van der Waals surface area contributed by atoms with Gasteiger partial charge in [-0.1, -0.05) is 77.0 Å². The molecule has 5 aromatic rings. The monoisotopic (exact) mass is 684 g/mol. The number of imide groups is 1. The van der Waals surface area contributed by atoms with Crippen LogP contribution in [0.3, 0.4) is 0 Å². The van der Waals surface area contributed by atoms with Gasteiger partial charge in [0.2, 0.25) is 11.8 Å². The number of hydrogen-bond acceptors (Lipinski definition) is 6. The van der Waals surface area contributed by atoms with E-state index in [1.54, 1.807) is 36.0 Å². The number of halogens is 2. The van der Waals surface area contributed by atoms with Gasteiger partial charge in [0, 0.05) is 15.8 Å². The van der Waals surface area contributed by atoms with E-state index in [9.17, 15) is 14.4 Å². The van der Waals surface area contributed by atoms with Crippen LogP contribution in [0.4, 0.5) is 5.69 Å². The lowest BCUT2D eigenvalue weighted by Gasteiger charge is -2.42. The van der Waals surface area contributed by atoms with Gasteiger partial charge in [-0.25, -0.2) is 0 Å². The molecule has 6 nitrogen and oxygen atoms in total. The molecular weight excluding hydrogens is 659 g/mol. The van der Waals surface area contributed by atoms with Crippen LogP contribution in [0.25, 0.3) is 11.3 Å². The predicted molar refractivity (Wildman–Crippen MR) is 181 cm³/mol. The van der Waals surface area contributed by atoms with E-state index in [-0.39, 0.29) is 51.5 Å². The summed E-state index contributed by atoms with van der Waals surface area (Å²) in [4.78, 5) is 44.1. The molecule has 0 spiro atoms. The van der Waals surface area contributed by atoms with E-state index in [4.69, 9.17) is 27.6 Å². The van der Waals surface area contributed by atoms with Crippen molar-refractivity contribution in [2.45, 2.75) is 29.2 Å². The molecule has 3 aromatic carbocycles. The van der Waals surface area contributed by atoms with Gasteiger partial charge in [0.05, 0.1) is 44.9 Å². The first kappa shape index (κ1) is 28.6. The Labute approximate surface area is 282 Å². The van der Waals surface area contributed by atoms with E-state index < -0.39 is 5.92 Å². The van der Waals surface area contributed by atoms with Crippen molar-refractivity contribution in [3.8, 4) is 11.3 Å². The maximum atomic E-state index is 14.1. The summed E-state index contributed by atoms with van der Waals surface area (Å²) in [5, 5.41) is 2.14. The van der Waals surface area contributed by atoms with Gasteiger partial charge in [-0.2, -0.15) is 0 Å². The standard InChI is InChI=1S/C36H26Cl2N2O4S2/c37-19-10-12-20(13-11-19)40-33(41)28-22-16-23(29(28)34(40)42)31-27(22)30(26-15-14-25(44-26)21-8-4-5-9-24(21)38)32-35(45-31)39(36(43)46-32)17-18-6-2-1-3-7-18/h1-15,22-23,27-31H,16-17H2/t22-,23+,27-,28+,29+,30+,31+/m1/s1. The molecule has 2 bridgehead atoms. The van der Waals surface area contributed by atoms with Crippen LogP contribution < -0.4 is 9.77 Å². The molecule has 4 aliphatic rings. The molecule has 0 radical (unpaired) electrons. The summed E-state index contributed by atoms with van der Waals surface area (Å²) < 4.78 is 8.50. The first-order valence-electron chi connectivity index (χ1n) is 15.3. The third-order valence-corrected chi connectivity index (χ3v) is 13.7. The van der Waals surface area contributed by atoms with Crippen LogP contribution in [-0.2, 0) is 16.1 Å². The molecule has 0 unspecified atom stereocenters. The lowest BCUT2D eigenvalue weighted by Crippen LogP contribution is -2.43. The second kappa shape index (κ2) is 10.7. The fraction of sp³-hybridized carbons (Fsp3) is 0.250. The lowest BCUT2D eigenvalue weighted by molar-refractivity contribution is -0.123. The molecule has 2 aliphatic carbocycles. The Kier molecular flexibility index (Phi) is 6.69. The van der Waals surface area contributed by atoms with Crippen molar-refractivity contribution in [1.29, 1.82) is 0 Å². The Balaban J connectivity index is 1.16. The fourth-order valence-electron chi connectivity index (χ4n) is 8.51. The lowest BCUT2D eigenvalue weighted by atomic mass is 9.69. The van der Waals surface area contributed by atoms with E-state index in [0.717, 1.165) is 33.2 Å². The van der Waals surface area contributed by atoms with Crippen molar-refractivity contribution >= 4 is 63.8 Å². The molecule has 2 amide bonds. The predicted octanol–water partition coefficient (Wildman–Crippen LogP) is 8.20. The van der Waals surface area contributed by atoms with Crippen LogP contribution in [-0.4, -0.2) is 21.6 Å². The molecule has 4 heterocycles. The average molecular weight is 686 g/mol. The molecule has 3 fully saturated rings. The van der Waals surface area contributed by atoms with E-state index >= 15 is 0 Å². The number of benzene rings is 3. The number of rotatable bonds is 5. The average Bonchev–Trinajstić information content (AvgIpc) is 3.87. The van der Waals surface area contributed by atoms with Gasteiger partial charge in [-0.05, 0) is 78.3 Å².